The third kappa shape index (κ3) is 9.94. The summed E-state index contributed by atoms with van der Waals surface area (Å²) in [5.74, 6) is -18.0. The van der Waals surface area contributed by atoms with Crippen molar-refractivity contribution in [1.82, 2.24) is 15.5 Å². The zero-order chi connectivity index (χ0) is 40.1. The fraction of sp³-hybridized carbons (Fsp3) is 0.417. The molecule has 3 amide bonds. The van der Waals surface area contributed by atoms with Crippen molar-refractivity contribution in [2.75, 3.05) is 19.7 Å². The molecule has 0 aliphatic carbocycles. The topological polar surface area (TPSA) is 310 Å². The first-order valence-electron chi connectivity index (χ1n) is 16.8. The average Bonchev–Trinajstić information content (AvgIpc) is 3.12. The lowest BCUT2D eigenvalue weighted by atomic mass is 9.80. The predicted octanol–water partition coefficient (Wildman–Crippen LogP) is -2.47. The second-order valence-corrected chi connectivity index (χ2v) is 13.1. The average molecular weight is 760 g/mol. The first kappa shape index (κ1) is 42.2. The molecule has 0 bridgehead atoms. The van der Waals surface area contributed by atoms with E-state index in [9.17, 15) is 70.6 Å². The first-order chi connectivity index (χ1) is 25.2. The second kappa shape index (κ2) is 16.8. The number of carbonyl (C=O) groups is 3. The van der Waals surface area contributed by atoms with E-state index >= 15 is 0 Å². The van der Waals surface area contributed by atoms with Crippen molar-refractivity contribution in [3.05, 3.63) is 101 Å². The number of benzene rings is 3. The van der Waals surface area contributed by atoms with E-state index in [2.05, 4.69) is 10.6 Å². The van der Waals surface area contributed by atoms with Crippen LogP contribution < -0.4 is 15.4 Å². The number of rotatable bonds is 17. The number of aliphatic hydroxyl groups excluding tert-OH is 1. The lowest BCUT2D eigenvalue weighted by Crippen LogP contribution is -2.60. The Hall–Kier alpha value is -4.57. The van der Waals surface area contributed by atoms with Crippen LogP contribution in [0.1, 0.15) is 48.4 Å². The first-order valence-corrected chi connectivity index (χ1v) is 16.8. The number of nitrogens with one attached hydrogen (secondary N) is 2. The highest BCUT2D eigenvalue weighted by Crippen LogP contribution is 2.38. The van der Waals surface area contributed by atoms with Crippen LogP contribution >= 0.6 is 0 Å². The summed E-state index contributed by atoms with van der Waals surface area (Å²) in [6.45, 7) is 0.897. The van der Waals surface area contributed by atoms with Gasteiger partial charge in [-0.3, -0.25) is 9.59 Å². The quantitative estimate of drug-likeness (QED) is 0.0635. The van der Waals surface area contributed by atoms with Crippen molar-refractivity contribution in [1.29, 1.82) is 0 Å². The van der Waals surface area contributed by atoms with Gasteiger partial charge >= 0.3 is 18.0 Å². The van der Waals surface area contributed by atoms with E-state index in [1.807, 2.05) is 0 Å². The van der Waals surface area contributed by atoms with Gasteiger partial charge in [-0.2, -0.15) is 0 Å². The van der Waals surface area contributed by atoms with Gasteiger partial charge in [0.25, 0.3) is 0 Å². The largest absolute Gasteiger partial charge is 0.485 e. The molecule has 4 rings (SSSR count). The molecule has 4 unspecified atom stereocenters. The standard InChI is InChI=1S/C36H45N3O15/c1-21(39-17-9-16-37-32(39)43)31(42)38-29(34(46,47)23-12-6-3-7-13-23)19-28(41)27(33(44,45)22-10-4-2-5-11-22)18-24(40)20-54-30-25(35(48,49)50)14-8-15-26(30)36(51,52)53/h2-8,10-15,21,27-29,41,44-53H,9,16-20H2,1H3,(H,37,43)(H,38,42). The van der Waals surface area contributed by atoms with Gasteiger partial charge in [0.1, 0.15) is 18.4 Å². The van der Waals surface area contributed by atoms with Gasteiger partial charge in [-0.15, -0.1) is 0 Å². The van der Waals surface area contributed by atoms with Crippen LogP contribution in [0.3, 0.4) is 0 Å². The van der Waals surface area contributed by atoms with E-state index in [-0.39, 0.29) is 17.7 Å². The van der Waals surface area contributed by atoms with E-state index in [1.54, 1.807) is 12.1 Å². The fourth-order valence-corrected chi connectivity index (χ4v) is 6.19. The number of ketones is 1. The summed E-state index contributed by atoms with van der Waals surface area (Å²) in [4.78, 5) is 40.7. The van der Waals surface area contributed by atoms with E-state index in [1.165, 1.54) is 60.4 Å². The molecule has 1 saturated heterocycles. The minimum Gasteiger partial charge on any atom is -0.485 e. The van der Waals surface area contributed by atoms with Gasteiger partial charge in [0.2, 0.25) is 11.7 Å². The van der Waals surface area contributed by atoms with Crippen LogP contribution in [0.4, 0.5) is 4.79 Å². The van der Waals surface area contributed by atoms with Crippen molar-refractivity contribution in [2.24, 2.45) is 5.92 Å². The monoisotopic (exact) mass is 759 g/mol. The molecule has 1 heterocycles. The zero-order valence-corrected chi connectivity index (χ0v) is 29.1. The van der Waals surface area contributed by atoms with Crippen LogP contribution in [0.5, 0.6) is 5.75 Å². The molecule has 54 heavy (non-hydrogen) atoms. The lowest BCUT2D eigenvalue weighted by Gasteiger charge is -2.40. The molecule has 294 valence electrons. The molecule has 13 N–H and O–H groups in total. The maximum absolute atomic E-state index is 13.5. The molecular weight excluding hydrogens is 714 g/mol. The van der Waals surface area contributed by atoms with Gasteiger partial charge in [-0.25, -0.2) is 4.79 Å². The number of hydrogen-bond acceptors (Lipinski definition) is 15. The lowest BCUT2D eigenvalue weighted by molar-refractivity contribution is -0.328. The summed E-state index contributed by atoms with van der Waals surface area (Å²) < 4.78 is 5.29. The van der Waals surface area contributed by atoms with E-state index in [0.29, 0.717) is 13.0 Å². The Labute approximate surface area is 308 Å². The fourth-order valence-electron chi connectivity index (χ4n) is 6.19. The van der Waals surface area contributed by atoms with Crippen molar-refractivity contribution in [3.8, 4) is 5.75 Å². The number of carbonyl (C=O) groups excluding carboxylic acids is 3. The summed E-state index contributed by atoms with van der Waals surface area (Å²) >= 11 is 0. The van der Waals surface area contributed by atoms with Crippen LogP contribution in [0.2, 0.25) is 0 Å². The molecular formula is C36H45N3O15. The molecule has 4 atom stereocenters. The Bertz CT molecular complexity index is 1710. The summed E-state index contributed by atoms with van der Waals surface area (Å²) in [6.07, 6.45) is -3.32. The molecule has 18 nitrogen and oxygen atoms in total. The van der Waals surface area contributed by atoms with Crippen LogP contribution in [-0.4, -0.2) is 117 Å². The van der Waals surface area contributed by atoms with Gasteiger partial charge in [-0.1, -0.05) is 66.7 Å². The maximum Gasteiger partial charge on any atom is 0.318 e. The van der Waals surface area contributed by atoms with E-state index in [4.69, 9.17) is 4.74 Å². The summed E-state index contributed by atoms with van der Waals surface area (Å²) in [5.41, 5.74) is -2.19. The molecule has 0 radical (unpaired) electrons. The Balaban J connectivity index is 1.68. The van der Waals surface area contributed by atoms with Crippen molar-refractivity contribution in [3.63, 3.8) is 0 Å². The number of Topliss-reactive ketones (excluding diaryl/α,β-unsaturated/α-hetero) is 1. The smallest absolute Gasteiger partial charge is 0.318 e. The Kier molecular flexibility index (Phi) is 13.2. The molecule has 1 aliphatic heterocycles. The maximum atomic E-state index is 13.5. The van der Waals surface area contributed by atoms with Crippen molar-refractivity contribution in [2.45, 2.75) is 67.9 Å². The van der Waals surface area contributed by atoms with Crippen LogP contribution in [-0.2, 0) is 33.1 Å². The molecule has 0 saturated carbocycles. The Morgan fingerprint density at radius 3 is 1.81 bits per heavy atom. The van der Waals surface area contributed by atoms with Gasteiger partial charge in [0.15, 0.2) is 11.6 Å². The number of ether oxygens (including phenoxy) is 1. The number of aliphatic hydroxyl groups is 11. The van der Waals surface area contributed by atoms with Gasteiger partial charge in [0, 0.05) is 30.6 Å². The van der Waals surface area contributed by atoms with Crippen LogP contribution in [0.15, 0.2) is 78.9 Å². The molecule has 18 heteroatoms. The summed E-state index contributed by atoms with van der Waals surface area (Å²) in [7, 11) is 0. The van der Waals surface area contributed by atoms with Crippen molar-refractivity contribution >= 4 is 17.7 Å². The SMILES string of the molecule is CC(C(=O)NC(CC(O)C(CC(=O)COc1c(C(O)(O)O)cccc1C(O)(O)O)C(O)(O)c1ccccc1)C(O)(O)c1ccccc1)N1CCCNC1=O. The molecule has 1 fully saturated rings. The molecule has 0 spiro atoms. The summed E-state index contributed by atoms with van der Waals surface area (Å²) in [6, 6.07) is 13.4. The number of para-hydroxylation sites is 1. The minimum atomic E-state index is -3.66. The third-order valence-corrected chi connectivity index (χ3v) is 9.18. The molecule has 1 aliphatic rings. The Morgan fingerprint density at radius 1 is 0.796 bits per heavy atom. The highest BCUT2D eigenvalue weighted by atomic mass is 16.7. The van der Waals surface area contributed by atoms with Crippen LogP contribution in [0, 0.1) is 5.92 Å². The molecule has 0 aromatic heterocycles. The number of urea groups is 1. The van der Waals surface area contributed by atoms with E-state index < -0.39 is 102 Å². The van der Waals surface area contributed by atoms with Gasteiger partial charge in [-0.05, 0) is 31.9 Å². The van der Waals surface area contributed by atoms with Gasteiger partial charge < -0.3 is 76.4 Å². The Morgan fingerprint density at radius 2 is 1.31 bits per heavy atom. The summed E-state index contributed by atoms with van der Waals surface area (Å²) in [5, 5.41) is 122. The second-order valence-electron chi connectivity index (χ2n) is 13.1. The number of nitrogens with zero attached hydrogens (tertiary/aromatic N) is 1. The normalized spacial score (nSPS) is 16.5. The minimum absolute atomic E-state index is 0.135. The van der Waals surface area contributed by atoms with Crippen LogP contribution in [0.25, 0.3) is 0 Å². The van der Waals surface area contributed by atoms with Crippen molar-refractivity contribution < 1.29 is 75.3 Å². The number of hydrogen-bond donors (Lipinski definition) is 13. The highest BCUT2D eigenvalue weighted by molar-refractivity contribution is 5.87. The highest BCUT2D eigenvalue weighted by Gasteiger charge is 2.47. The molecule has 3 aromatic rings. The van der Waals surface area contributed by atoms with E-state index in [0.717, 1.165) is 18.2 Å². The zero-order valence-electron chi connectivity index (χ0n) is 29.1. The van der Waals surface area contributed by atoms with Gasteiger partial charge in [0.05, 0.1) is 29.2 Å². The predicted molar refractivity (Wildman–Crippen MR) is 184 cm³/mol. The number of amides is 3. The third-order valence-electron chi connectivity index (χ3n) is 9.18. The molecule has 3 aromatic carbocycles.